The zero-order chi connectivity index (χ0) is 19.7. The highest BCUT2D eigenvalue weighted by Crippen LogP contribution is 2.32. The molecular formula is C19H18N6O3. The highest BCUT2D eigenvalue weighted by Gasteiger charge is 2.22. The minimum absolute atomic E-state index is 0.184. The van der Waals surface area contributed by atoms with E-state index < -0.39 is 0 Å². The van der Waals surface area contributed by atoms with E-state index >= 15 is 0 Å². The molecule has 2 N–H and O–H groups in total. The van der Waals surface area contributed by atoms with E-state index in [4.69, 9.17) is 19.7 Å². The van der Waals surface area contributed by atoms with E-state index in [2.05, 4.69) is 20.5 Å². The van der Waals surface area contributed by atoms with Gasteiger partial charge in [0, 0.05) is 11.6 Å². The lowest BCUT2D eigenvalue weighted by Crippen LogP contribution is -2.05. The average Bonchev–Trinajstić information content (AvgIpc) is 3.34. The summed E-state index contributed by atoms with van der Waals surface area (Å²) in [5.74, 6) is 2.08. The molecule has 0 radical (unpaired) electrons. The molecule has 2 aromatic carbocycles. The predicted octanol–water partition coefficient (Wildman–Crippen LogP) is 2.89. The summed E-state index contributed by atoms with van der Waals surface area (Å²) in [5.41, 5.74) is 9.05. The Bertz CT molecular complexity index is 1130. The first-order chi connectivity index (χ1) is 13.6. The Morgan fingerprint density at radius 2 is 1.89 bits per heavy atom. The summed E-state index contributed by atoms with van der Waals surface area (Å²) in [6.45, 7) is 1.98. The van der Waals surface area contributed by atoms with Crippen molar-refractivity contribution in [2.45, 2.75) is 6.92 Å². The van der Waals surface area contributed by atoms with Gasteiger partial charge in [0.1, 0.15) is 17.2 Å². The number of aromatic nitrogens is 5. The summed E-state index contributed by atoms with van der Waals surface area (Å²) in [7, 11) is 3.14. The van der Waals surface area contributed by atoms with Gasteiger partial charge < -0.3 is 19.7 Å². The molecular weight excluding hydrogens is 360 g/mol. The summed E-state index contributed by atoms with van der Waals surface area (Å²) < 4.78 is 17.5. The molecule has 28 heavy (non-hydrogen) atoms. The van der Waals surface area contributed by atoms with Crippen molar-refractivity contribution in [1.82, 2.24) is 25.1 Å². The molecule has 4 rings (SSSR count). The third-order valence-corrected chi connectivity index (χ3v) is 4.33. The maximum absolute atomic E-state index is 6.27. The van der Waals surface area contributed by atoms with Gasteiger partial charge in [0.2, 0.25) is 5.82 Å². The van der Waals surface area contributed by atoms with E-state index in [0.29, 0.717) is 23.0 Å². The Kier molecular flexibility index (Phi) is 4.40. The fourth-order valence-corrected chi connectivity index (χ4v) is 2.83. The second-order valence-electron chi connectivity index (χ2n) is 6.01. The highest BCUT2D eigenvalue weighted by atomic mass is 16.5. The van der Waals surface area contributed by atoms with Gasteiger partial charge in [-0.25, -0.2) is 0 Å². The van der Waals surface area contributed by atoms with Crippen molar-refractivity contribution in [3.63, 3.8) is 0 Å². The maximum atomic E-state index is 6.27. The van der Waals surface area contributed by atoms with Crippen LogP contribution in [0.1, 0.15) is 5.56 Å². The molecule has 0 bridgehead atoms. The van der Waals surface area contributed by atoms with Crippen molar-refractivity contribution in [2.24, 2.45) is 0 Å². The van der Waals surface area contributed by atoms with Crippen molar-refractivity contribution in [2.75, 3.05) is 20.0 Å². The molecule has 2 aromatic heterocycles. The number of anilines is 1. The number of rotatable bonds is 5. The highest BCUT2D eigenvalue weighted by molar-refractivity contribution is 5.68. The Morgan fingerprint density at radius 3 is 2.64 bits per heavy atom. The first kappa shape index (κ1) is 17.5. The number of nitrogens with two attached hydrogens (primary N) is 1. The van der Waals surface area contributed by atoms with Crippen LogP contribution in [0.25, 0.3) is 28.7 Å². The van der Waals surface area contributed by atoms with E-state index in [1.165, 1.54) is 4.68 Å². The molecule has 4 aromatic rings. The third kappa shape index (κ3) is 2.92. The molecule has 0 spiro atoms. The van der Waals surface area contributed by atoms with Gasteiger partial charge in [-0.3, -0.25) is 0 Å². The second kappa shape index (κ2) is 7.03. The molecule has 0 aliphatic carbocycles. The van der Waals surface area contributed by atoms with Crippen LogP contribution in [0.5, 0.6) is 11.5 Å². The first-order valence-corrected chi connectivity index (χ1v) is 8.46. The third-order valence-electron chi connectivity index (χ3n) is 4.33. The summed E-state index contributed by atoms with van der Waals surface area (Å²) >= 11 is 0. The largest absolute Gasteiger partial charge is 0.497 e. The van der Waals surface area contributed by atoms with Crippen molar-refractivity contribution in [3.8, 4) is 40.2 Å². The zero-order valence-electron chi connectivity index (χ0n) is 15.6. The van der Waals surface area contributed by atoms with Gasteiger partial charge in [-0.15, -0.1) is 5.10 Å². The molecule has 9 heteroatoms. The molecule has 2 heterocycles. The number of nitrogen functional groups attached to an aromatic ring is 1. The number of aryl methyl sites for hydroxylation is 1. The van der Waals surface area contributed by atoms with Gasteiger partial charge >= 0.3 is 0 Å². The summed E-state index contributed by atoms with van der Waals surface area (Å²) in [6.07, 6.45) is 0. The zero-order valence-corrected chi connectivity index (χ0v) is 15.6. The molecule has 0 aliphatic heterocycles. The molecule has 0 unspecified atom stereocenters. The van der Waals surface area contributed by atoms with Crippen LogP contribution in [0.4, 0.5) is 5.82 Å². The quantitative estimate of drug-likeness (QED) is 0.564. The van der Waals surface area contributed by atoms with Crippen LogP contribution in [-0.2, 0) is 0 Å². The van der Waals surface area contributed by atoms with Crippen molar-refractivity contribution in [1.29, 1.82) is 0 Å². The van der Waals surface area contributed by atoms with Crippen molar-refractivity contribution in [3.05, 3.63) is 48.0 Å². The van der Waals surface area contributed by atoms with Crippen LogP contribution < -0.4 is 15.2 Å². The van der Waals surface area contributed by atoms with Crippen molar-refractivity contribution < 1.29 is 14.0 Å². The van der Waals surface area contributed by atoms with E-state index in [-0.39, 0.29) is 17.4 Å². The minimum Gasteiger partial charge on any atom is -0.497 e. The monoisotopic (exact) mass is 378 g/mol. The molecule has 0 saturated heterocycles. The van der Waals surface area contributed by atoms with Crippen LogP contribution in [0.3, 0.4) is 0 Å². The summed E-state index contributed by atoms with van der Waals surface area (Å²) in [5, 5.41) is 12.3. The standard InChI is InChI=1S/C19H18N6O3/c1-11-6-4-5-7-13(11)18-21-19(28-23-18)16-17(20)25(24-22-16)14-10-12(26-2)8-9-15(14)27-3/h4-10H,20H2,1-3H3. The van der Waals surface area contributed by atoms with Gasteiger partial charge in [-0.1, -0.05) is 34.6 Å². The topological polar surface area (TPSA) is 114 Å². The Labute approximate surface area is 160 Å². The Hall–Kier alpha value is -3.88. The lowest BCUT2D eigenvalue weighted by Gasteiger charge is -2.10. The first-order valence-electron chi connectivity index (χ1n) is 8.46. The molecule has 0 aliphatic rings. The number of nitrogens with zero attached hydrogens (tertiary/aromatic N) is 5. The van der Waals surface area contributed by atoms with Crippen LogP contribution in [0, 0.1) is 6.92 Å². The Morgan fingerprint density at radius 1 is 1.07 bits per heavy atom. The van der Waals surface area contributed by atoms with Gasteiger partial charge in [0.05, 0.1) is 14.2 Å². The lowest BCUT2D eigenvalue weighted by atomic mass is 10.1. The molecule has 0 saturated carbocycles. The fraction of sp³-hybridized carbons (Fsp3) is 0.158. The van der Waals surface area contributed by atoms with Crippen LogP contribution in [0.2, 0.25) is 0 Å². The van der Waals surface area contributed by atoms with Crippen LogP contribution in [0.15, 0.2) is 47.0 Å². The van der Waals surface area contributed by atoms with E-state index in [1.807, 2.05) is 31.2 Å². The number of ether oxygens (including phenoxy) is 2. The van der Waals surface area contributed by atoms with E-state index in [1.54, 1.807) is 32.4 Å². The SMILES string of the molecule is COc1ccc(OC)c(-n2nnc(-c3nc(-c4ccccc4C)no3)c2N)c1. The van der Waals surface area contributed by atoms with Gasteiger partial charge in [-0.2, -0.15) is 9.67 Å². The lowest BCUT2D eigenvalue weighted by molar-refractivity contribution is 0.400. The molecule has 0 atom stereocenters. The predicted molar refractivity (Wildman–Crippen MR) is 102 cm³/mol. The van der Waals surface area contributed by atoms with Crippen LogP contribution >= 0.6 is 0 Å². The number of hydrogen-bond acceptors (Lipinski definition) is 8. The van der Waals surface area contributed by atoms with Crippen molar-refractivity contribution >= 4 is 5.82 Å². The smallest absolute Gasteiger partial charge is 0.282 e. The minimum atomic E-state index is 0.184. The summed E-state index contributed by atoms with van der Waals surface area (Å²) in [6, 6.07) is 13.1. The van der Waals surface area contributed by atoms with Gasteiger partial charge in [0.15, 0.2) is 11.5 Å². The van der Waals surface area contributed by atoms with E-state index in [0.717, 1.165) is 11.1 Å². The molecule has 9 nitrogen and oxygen atoms in total. The number of methoxy groups -OCH3 is 2. The molecule has 0 fully saturated rings. The number of hydrogen-bond donors (Lipinski definition) is 1. The molecule has 0 amide bonds. The fourth-order valence-electron chi connectivity index (χ4n) is 2.83. The van der Waals surface area contributed by atoms with Crippen LogP contribution in [-0.4, -0.2) is 39.4 Å². The summed E-state index contributed by atoms with van der Waals surface area (Å²) in [4.78, 5) is 4.43. The number of benzene rings is 2. The maximum Gasteiger partial charge on any atom is 0.282 e. The normalized spacial score (nSPS) is 10.8. The van der Waals surface area contributed by atoms with Gasteiger partial charge in [0.25, 0.3) is 5.89 Å². The average molecular weight is 378 g/mol. The second-order valence-corrected chi connectivity index (χ2v) is 6.01. The van der Waals surface area contributed by atoms with Gasteiger partial charge in [-0.05, 0) is 24.6 Å². The molecule has 142 valence electrons. The van der Waals surface area contributed by atoms with E-state index in [9.17, 15) is 0 Å². The Balaban J connectivity index is 1.76.